The number of hydrogen-bond acceptors (Lipinski definition) is 5. The minimum absolute atomic E-state index is 0.00502. The van der Waals surface area contributed by atoms with Gasteiger partial charge in [-0.2, -0.15) is 0 Å². The van der Waals surface area contributed by atoms with Crippen LogP contribution in [0.4, 0.5) is 5.69 Å². The quantitative estimate of drug-likeness (QED) is 0.456. The van der Waals surface area contributed by atoms with Crippen LogP contribution in [0, 0.1) is 15.5 Å². The van der Waals surface area contributed by atoms with Crippen molar-refractivity contribution in [3.63, 3.8) is 0 Å². The number of nitrogens with zero attached hydrogens (tertiary/aromatic N) is 1. The summed E-state index contributed by atoms with van der Waals surface area (Å²) in [5, 5.41) is 10.5. The largest absolute Gasteiger partial charge is 0.492 e. The topological polar surface area (TPSA) is 78.7 Å². The van der Waals surface area contributed by atoms with E-state index in [2.05, 4.69) is 4.74 Å². The Labute approximate surface area is 105 Å². The van der Waals surface area contributed by atoms with Crippen molar-refractivity contribution in [1.29, 1.82) is 0 Å². The molecular weight excluding hydrogens is 238 g/mol. The zero-order valence-electron chi connectivity index (χ0n) is 10.5. The van der Waals surface area contributed by atoms with Crippen LogP contribution in [0.3, 0.4) is 0 Å². The van der Waals surface area contributed by atoms with Gasteiger partial charge in [0, 0.05) is 12.1 Å². The van der Waals surface area contributed by atoms with Crippen molar-refractivity contribution in [2.24, 2.45) is 5.41 Å². The monoisotopic (exact) mass is 253 g/mol. The number of methoxy groups -OCH3 is 1. The summed E-state index contributed by atoms with van der Waals surface area (Å²) in [7, 11) is 1.32. The highest BCUT2D eigenvalue weighted by Gasteiger charge is 2.29. The molecule has 0 unspecified atom stereocenters. The number of hydrogen-bond donors (Lipinski definition) is 0. The lowest BCUT2D eigenvalue weighted by molar-refractivity contribution is -0.384. The Balaban J connectivity index is 2.64. The second-order valence-corrected chi connectivity index (χ2v) is 4.42. The van der Waals surface area contributed by atoms with Gasteiger partial charge in [0.05, 0.1) is 17.4 Å². The number of nitro benzene ring substituents is 1. The Bertz CT molecular complexity index is 438. The normalized spacial score (nSPS) is 10.8. The molecular formula is C12H15NO5. The fourth-order valence-corrected chi connectivity index (χ4v) is 1.26. The summed E-state index contributed by atoms with van der Waals surface area (Å²) in [4.78, 5) is 21.4. The van der Waals surface area contributed by atoms with Crippen molar-refractivity contribution in [1.82, 2.24) is 0 Å². The Morgan fingerprint density at radius 2 is 1.89 bits per heavy atom. The molecule has 0 aromatic heterocycles. The molecule has 0 aliphatic rings. The van der Waals surface area contributed by atoms with Crippen LogP contribution in [-0.4, -0.2) is 24.6 Å². The summed E-state index contributed by atoms with van der Waals surface area (Å²) < 4.78 is 10.1. The van der Waals surface area contributed by atoms with E-state index >= 15 is 0 Å². The van der Waals surface area contributed by atoms with Crippen molar-refractivity contribution in [2.75, 3.05) is 13.7 Å². The van der Waals surface area contributed by atoms with Gasteiger partial charge in [0.2, 0.25) is 0 Å². The SMILES string of the molecule is COC(=O)C(C)(C)COc1ccc([N+](=O)[O-])cc1. The van der Waals surface area contributed by atoms with E-state index in [-0.39, 0.29) is 18.3 Å². The molecule has 0 bridgehead atoms. The molecule has 18 heavy (non-hydrogen) atoms. The number of nitro groups is 1. The zero-order chi connectivity index (χ0) is 13.8. The average Bonchev–Trinajstić information content (AvgIpc) is 2.35. The summed E-state index contributed by atoms with van der Waals surface area (Å²) >= 11 is 0. The Morgan fingerprint density at radius 1 is 1.33 bits per heavy atom. The number of carbonyl (C=O) groups excluding carboxylic acids is 1. The van der Waals surface area contributed by atoms with Crippen molar-refractivity contribution in [3.8, 4) is 5.75 Å². The second-order valence-electron chi connectivity index (χ2n) is 4.42. The van der Waals surface area contributed by atoms with E-state index < -0.39 is 10.3 Å². The molecule has 0 aliphatic heterocycles. The molecule has 98 valence electrons. The molecule has 6 nitrogen and oxygen atoms in total. The van der Waals surface area contributed by atoms with E-state index in [1.54, 1.807) is 13.8 Å². The summed E-state index contributed by atoms with van der Waals surface area (Å²) in [5.41, 5.74) is -0.772. The first kappa shape index (κ1) is 14.0. The smallest absolute Gasteiger partial charge is 0.314 e. The van der Waals surface area contributed by atoms with Crippen molar-refractivity contribution < 1.29 is 19.2 Å². The van der Waals surface area contributed by atoms with E-state index in [1.165, 1.54) is 31.4 Å². The van der Waals surface area contributed by atoms with Crippen molar-refractivity contribution >= 4 is 11.7 Å². The number of benzene rings is 1. The van der Waals surface area contributed by atoms with Gasteiger partial charge in [-0.05, 0) is 26.0 Å². The maximum absolute atomic E-state index is 11.4. The Morgan fingerprint density at radius 3 is 2.33 bits per heavy atom. The lowest BCUT2D eigenvalue weighted by atomic mass is 9.95. The van der Waals surface area contributed by atoms with Gasteiger partial charge in [0.25, 0.3) is 5.69 Å². The highest BCUT2D eigenvalue weighted by molar-refractivity contribution is 5.75. The van der Waals surface area contributed by atoms with Crippen molar-refractivity contribution in [2.45, 2.75) is 13.8 Å². The average molecular weight is 253 g/mol. The molecule has 0 radical (unpaired) electrons. The molecule has 1 rings (SSSR count). The lowest BCUT2D eigenvalue weighted by Crippen LogP contribution is -2.32. The molecule has 0 atom stereocenters. The molecule has 0 saturated carbocycles. The summed E-state index contributed by atoms with van der Waals surface area (Å²) in [6, 6.07) is 5.68. The first-order chi connectivity index (χ1) is 8.36. The van der Waals surface area contributed by atoms with Crippen LogP contribution >= 0.6 is 0 Å². The molecule has 0 amide bonds. The summed E-state index contributed by atoms with van der Waals surface area (Å²) in [6.45, 7) is 3.53. The van der Waals surface area contributed by atoms with Crippen LogP contribution in [0.1, 0.15) is 13.8 Å². The molecule has 6 heteroatoms. The van der Waals surface area contributed by atoms with Gasteiger partial charge in [0.1, 0.15) is 12.4 Å². The highest BCUT2D eigenvalue weighted by Crippen LogP contribution is 2.22. The minimum Gasteiger partial charge on any atom is -0.492 e. The van der Waals surface area contributed by atoms with Crippen LogP contribution in [0.15, 0.2) is 24.3 Å². The number of rotatable bonds is 5. The molecule has 0 aliphatic carbocycles. The van der Waals surface area contributed by atoms with Crippen LogP contribution < -0.4 is 4.74 Å². The third-order valence-electron chi connectivity index (χ3n) is 2.39. The fourth-order valence-electron chi connectivity index (χ4n) is 1.26. The predicted octanol–water partition coefficient (Wildman–Crippen LogP) is 2.17. The number of ether oxygens (including phenoxy) is 2. The third-order valence-corrected chi connectivity index (χ3v) is 2.39. The molecule has 0 N–H and O–H groups in total. The van der Waals surface area contributed by atoms with Crippen molar-refractivity contribution in [3.05, 3.63) is 34.4 Å². The standard InChI is InChI=1S/C12H15NO5/c1-12(2,11(14)17-3)8-18-10-6-4-9(5-7-10)13(15)16/h4-7H,8H2,1-3H3. The van der Waals surface area contributed by atoms with Gasteiger partial charge in [-0.1, -0.05) is 0 Å². The number of esters is 1. The minimum atomic E-state index is -0.767. The van der Waals surface area contributed by atoms with Crippen LogP contribution in [0.2, 0.25) is 0 Å². The number of non-ortho nitro benzene ring substituents is 1. The van der Waals surface area contributed by atoms with Gasteiger partial charge >= 0.3 is 5.97 Å². The van der Waals surface area contributed by atoms with Gasteiger partial charge in [-0.15, -0.1) is 0 Å². The number of carbonyl (C=O) groups is 1. The zero-order valence-corrected chi connectivity index (χ0v) is 10.5. The molecule has 0 spiro atoms. The molecule has 0 heterocycles. The van der Waals surface area contributed by atoms with E-state index in [9.17, 15) is 14.9 Å². The van der Waals surface area contributed by atoms with Gasteiger partial charge < -0.3 is 9.47 Å². The van der Waals surface area contributed by atoms with Crippen LogP contribution in [0.25, 0.3) is 0 Å². The molecule has 0 fully saturated rings. The first-order valence-electron chi connectivity index (χ1n) is 5.32. The molecule has 0 saturated heterocycles. The highest BCUT2D eigenvalue weighted by atomic mass is 16.6. The van der Waals surface area contributed by atoms with E-state index in [1.807, 2.05) is 0 Å². The predicted molar refractivity (Wildman–Crippen MR) is 64.4 cm³/mol. The van der Waals surface area contributed by atoms with E-state index in [0.717, 1.165) is 0 Å². The third kappa shape index (κ3) is 3.44. The Hall–Kier alpha value is -2.11. The second kappa shape index (κ2) is 5.48. The molecule has 1 aromatic carbocycles. The van der Waals surface area contributed by atoms with E-state index in [0.29, 0.717) is 5.75 Å². The fraction of sp³-hybridized carbons (Fsp3) is 0.417. The first-order valence-corrected chi connectivity index (χ1v) is 5.32. The Kier molecular flexibility index (Phi) is 4.25. The lowest BCUT2D eigenvalue weighted by Gasteiger charge is -2.21. The maximum atomic E-state index is 11.4. The van der Waals surface area contributed by atoms with E-state index in [4.69, 9.17) is 4.74 Å². The van der Waals surface area contributed by atoms with Gasteiger partial charge in [-0.3, -0.25) is 14.9 Å². The summed E-state index contributed by atoms with van der Waals surface area (Å²) in [6.07, 6.45) is 0. The maximum Gasteiger partial charge on any atom is 0.314 e. The molecule has 1 aromatic rings. The van der Waals surface area contributed by atoms with Crippen LogP contribution in [0.5, 0.6) is 5.75 Å². The van der Waals surface area contributed by atoms with Gasteiger partial charge in [0.15, 0.2) is 0 Å². The van der Waals surface area contributed by atoms with Gasteiger partial charge in [-0.25, -0.2) is 0 Å². The summed E-state index contributed by atoms with van der Waals surface area (Å²) in [5.74, 6) is 0.0991. The van der Waals surface area contributed by atoms with Crippen LogP contribution in [-0.2, 0) is 9.53 Å².